The van der Waals surface area contributed by atoms with Gasteiger partial charge in [-0.05, 0) is 17.8 Å². The molecule has 0 aliphatic rings. The Balaban J connectivity index is 2.44. The second-order valence-electron chi connectivity index (χ2n) is 5.10. The molecule has 0 saturated heterocycles. The van der Waals surface area contributed by atoms with Gasteiger partial charge in [-0.2, -0.15) is 0 Å². The van der Waals surface area contributed by atoms with Crippen LogP contribution in [0.4, 0.5) is 11.5 Å². The van der Waals surface area contributed by atoms with Crippen LogP contribution in [0.3, 0.4) is 0 Å². The molecule has 1 heterocycles. The number of H-pyrrole nitrogens is 1. The molecule has 7 nitrogen and oxygen atoms in total. The number of nitrogens with zero attached hydrogens (tertiary/aromatic N) is 2. The van der Waals surface area contributed by atoms with E-state index in [0.717, 1.165) is 5.56 Å². The average Bonchev–Trinajstić information content (AvgIpc) is 2.57. The smallest absolute Gasteiger partial charge is 0.330 e. The molecule has 1 aromatic carbocycles. The molecule has 0 aliphatic heterocycles. The summed E-state index contributed by atoms with van der Waals surface area (Å²) in [5.74, 6) is 0.0536. The van der Waals surface area contributed by atoms with Crippen LogP contribution in [0.1, 0.15) is 5.56 Å². The maximum absolute atomic E-state index is 12.2. The van der Waals surface area contributed by atoms with E-state index in [4.69, 9.17) is 18.0 Å². The van der Waals surface area contributed by atoms with Crippen LogP contribution >= 0.6 is 12.2 Å². The number of aromatic amines is 1. The second kappa shape index (κ2) is 7.60. The number of hydrogen-bond acceptors (Lipinski definition) is 4. The Morgan fingerprint density at radius 2 is 2.08 bits per heavy atom. The molecule has 2 aromatic rings. The molecule has 0 fully saturated rings. The first-order valence-corrected chi connectivity index (χ1v) is 7.65. The number of thiocarbonyl (C=S) groups is 1. The first kappa shape index (κ1) is 17.5. The molecule has 0 saturated carbocycles. The molecule has 0 spiro atoms. The number of nitrogen functional groups attached to an aromatic ring is 1. The summed E-state index contributed by atoms with van der Waals surface area (Å²) in [7, 11) is 1.61. The molecule has 1 aromatic heterocycles. The highest BCUT2D eigenvalue weighted by Gasteiger charge is 2.18. The number of anilines is 2. The summed E-state index contributed by atoms with van der Waals surface area (Å²) < 4.78 is 1.30. The van der Waals surface area contributed by atoms with Crippen molar-refractivity contribution in [2.24, 2.45) is 0 Å². The average molecular weight is 345 g/mol. The van der Waals surface area contributed by atoms with Crippen LogP contribution in [0.5, 0.6) is 0 Å². The number of benzene rings is 1. The van der Waals surface area contributed by atoms with Crippen LogP contribution in [0.25, 0.3) is 0 Å². The van der Waals surface area contributed by atoms with Crippen LogP contribution in [0.15, 0.2) is 52.6 Å². The fourth-order valence-corrected chi connectivity index (χ4v) is 2.38. The minimum absolute atomic E-state index is 0.0536. The summed E-state index contributed by atoms with van der Waals surface area (Å²) in [4.78, 5) is 28.0. The number of nitrogens with one attached hydrogen (secondary N) is 2. The quantitative estimate of drug-likeness (QED) is 0.544. The summed E-state index contributed by atoms with van der Waals surface area (Å²) in [6, 6.07) is 9.35. The van der Waals surface area contributed by atoms with Crippen molar-refractivity contribution in [3.8, 4) is 0 Å². The SMILES string of the molecule is C=CCNC(=S)N(C)c1c(N)n(Cc2ccccc2)c(=O)[nH]c1=O. The number of aromatic nitrogens is 2. The molecule has 0 unspecified atom stereocenters. The Hall–Kier alpha value is -2.87. The fraction of sp³-hybridized carbons (Fsp3) is 0.188. The van der Waals surface area contributed by atoms with E-state index in [1.54, 1.807) is 13.1 Å². The van der Waals surface area contributed by atoms with Gasteiger partial charge in [-0.15, -0.1) is 6.58 Å². The molecule has 8 heteroatoms. The van der Waals surface area contributed by atoms with Gasteiger partial charge in [-0.25, -0.2) is 4.79 Å². The van der Waals surface area contributed by atoms with Gasteiger partial charge in [0.25, 0.3) is 5.56 Å². The predicted octanol–water partition coefficient (Wildman–Crippen LogP) is 0.664. The molecule has 0 radical (unpaired) electrons. The Morgan fingerprint density at radius 3 is 2.71 bits per heavy atom. The summed E-state index contributed by atoms with van der Waals surface area (Å²) in [6.45, 7) is 4.29. The molecular formula is C16H19N5O2S. The Bertz CT molecular complexity index is 857. The van der Waals surface area contributed by atoms with Gasteiger partial charge in [0.1, 0.15) is 11.5 Å². The van der Waals surface area contributed by atoms with Crippen molar-refractivity contribution in [1.82, 2.24) is 14.9 Å². The predicted molar refractivity (Wildman–Crippen MR) is 100 cm³/mol. The molecule has 0 amide bonds. The van der Waals surface area contributed by atoms with E-state index in [9.17, 15) is 9.59 Å². The van der Waals surface area contributed by atoms with Gasteiger partial charge in [0.15, 0.2) is 5.11 Å². The highest BCUT2D eigenvalue weighted by Crippen LogP contribution is 2.16. The minimum atomic E-state index is -0.591. The van der Waals surface area contributed by atoms with E-state index < -0.39 is 11.2 Å². The molecule has 0 aliphatic carbocycles. The molecule has 24 heavy (non-hydrogen) atoms. The van der Waals surface area contributed by atoms with E-state index in [1.807, 2.05) is 30.3 Å². The van der Waals surface area contributed by atoms with Crippen molar-refractivity contribution in [2.45, 2.75) is 6.54 Å². The van der Waals surface area contributed by atoms with E-state index in [-0.39, 0.29) is 18.1 Å². The van der Waals surface area contributed by atoms with Gasteiger partial charge < -0.3 is 16.0 Å². The number of hydrogen-bond donors (Lipinski definition) is 3. The van der Waals surface area contributed by atoms with Gasteiger partial charge in [-0.3, -0.25) is 14.3 Å². The zero-order chi connectivity index (χ0) is 17.7. The molecule has 0 atom stereocenters. The van der Waals surface area contributed by atoms with Crippen molar-refractivity contribution >= 4 is 28.8 Å². The number of rotatable bonds is 5. The third-order valence-electron chi connectivity index (χ3n) is 3.44. The van der Waals surface area contributed by atoms with Crippen molar-refractivity contribution in [3.63, 3.8) is 0 Å². The van der Waals surface area contributed by atoms with E-state index in [0.29, 0.717) is 11.7 Å². The summed E-state index contributed by atoms with van der Waals surface area (Å²) in [6.07, 6.45) is 1.64. The maximum Gasteiger partial charge on any atom is 0.330 e. The highest BCUT2D eigenvalue weighted by molar-refractivity contribution is 7.80. The van der Waals surface area contributed by atoms with Crippen LogP contribution in [-0.4, -0.2) is 28.3 Å². The third-order valence-corrected chi connectivity index (χ3v) is 3.85. The Labute approximate surface area is 144 Å². The summed E-state index contributed by atoms with van der Waals surface area (Å²) >= 11 is 5.22. The van der Waals surface area contributed by atoms with Gasteiger partial charge in [0, 0.05) is 13.6 Å². The first-order chi connectivity index (χ1) is 11.5. The van der Waals surface area contributed by atoms with Crippen molar-refractivity contribution in [3.05, 3.63) is 69.4 Å². The number of nitrogens with two attached hydrogens (primary N) is 1. The van der Waals surface area contributed by atoms with Crippen LogP contribution in [0, 0.1) is 0 Å². The lowest BCUT2D eigenvalue weighted by Crippen LogP contribution is -2.43. The van der Waals surface area contributed by atoms with Crippen LogP contribution in [0.2, 0.25) is 0 Å². The van der Waals surface area contributed by atoms with Gasteiger partial charge >= 0.3 is 5.69 Å². The largest absolute Gasteiger partial charge is 0.383 e. The van der Waals surface area contributed by atoms with Gasteiger partial charge in [0.05, 0.1) is 6.54 Å². The lowest BCUT2D eigenvalue weighted by molar-refractivity contribution is 0.732. The van der Waals surface area contributed by atoms with Crippen molar-refractivity contribution in [1.29, 1.82) is 0 Å². The monoisotopic (exact) mass is 345 g/mol. The minimum Gasteiger partial charge on any atom is -0.383 e. The normalized spacial score (nSPS) is 10.2. The topological polar surface area (TPSA) is 96.2 Å². The van der Waals surface area contributed by atoms with Crippen LogP contribution < -0.4 is 27.2 Å². The Kier molecular flexibility index (Phi) is 5.54. The first-order valence-electron chi connectivity index (χ1n) is 7.24. The fourth-order valence-electron chi connectivity index (χ4n) is 2.20. The van der Waals surface area contributed by atoms with E-state index in [1.165, 1.54) is 9.47 Å². The van der Waals surface area contributed by atoms with E-state index in [2.05, 4.69) is 16.9 Å². The summed E-state index contributed by atoms with van der Waals surface area (Å²) in [5, 5.41) is 3.22. The zero-order valence-electron chi connectivity index (χ0n) is 13.3. The zero-order valence-corrected chi connectivity index (χ0v) is 14.1. The third kappa shape index (κ3) is 3.72. The molecule has 126 valence electrons. The standard InChI is InChI=1S/C16H19N5O2S/c1-3-9-18-16(24)20(2)12-13(17)21(15(23)19-14(12)22)10-11-7-5-4-6-8-11/h3-8H,1,9-10,17H2,2H3,(H,18,24)(H,19,22,23). The molecular weight excluding hydrogens is 326 g/mol. The van der Waals surface area contributed by atoms with Crippen molar-refractivity contribution in [2.75, 3.05) is 24.2 Å². The molecule has 0 bridgehead atoms. The maximum atomic E-state index is 12.2. The van der Waals surface area contributed by atoms with Crippen LogP contribution in [-0.2, 0) is 6.54 Å². The van der Waals surface area contributed by atoms with Crippen molar-refractivity contribution < 1.29 is 0 Å². The lowest BCUT2D eigenvalue weighted by atomic mass is 10.2. The van der Waals surface area contributed by atoms with Gasteiger partial charge in [0.2, 0.25) is 0 Å². The highest BCUT2D eigenvalue weighted by atomic mass is 32.1. The second-order valence-corrected chi connectivity index (χ2v) is 5.49. The van der Waals surface area contributed by atoms with Gasteiger partial charge in [-0.1, -0.05) is 36.4 Å². The summed E-state index contributed by atoms with van der Waals surface area (Å²) in [5.41, 5.74) is 5.94. The lowest BCUT2D eigenvalue weighted by Gasteiger charge is -2.22. The van der Waals surface area contributed by atoms with E-state index >= 15 is 0 Å². The Morgan fingerprint density at radius 1 is 1.42 bits per heavy atom. The molecule has 2 rings (SSSR count). The molecule has 4 N–H and O–H groups in total.